The van der Waals surface area contributed by atoms with E-state index in [1.807, 2.05) is 41.5 Å². The lowest BCUT2D eigenvalue weighted by atomic mass is 10.1. The Morgan fingerprint density at radius 2 is 0.645 bits per heavy atom. The number of rotatable bonds is 31. The van der Waals surface area contributed by atoms with Gasteiger partial charge >= 0.3 is 17.6 Å². The maximum absolute atomic E-state index is 6.64. The van der Waals surface area contributed by atoms with E-state index in [9.17, 15) is 0 Å². The highest BCUT2D eigenvalue weighted by atomic mass is 33.1. The van der Waals surface area contributed by atoms with Gasteiger partial charge in [0.05, 0.1) is 20.5 Å². The van der Waals surface area contributed by atoms with Crippen molar-refractivity contribution < 1.29 is 26.6 Å². The molecule has 62 heavy (non-hydrogen) atoms. The molecule has 2 atom stereocenters. The summed E-state index contributed by atoms with van der Waals surface area (Å²) in [6, 6.07) is 43.5. The Labute approximate surface area is 393 Å². The van der Waals surface area contributed by atoms with Crippen LogP contribution < -0.4 is 0 Å². The topological polar surface area (TPSA) is 61.9 Å². The maximum Gasteiger partial charge on any atom is 0.500 e. The molecule has 0 aliphatic rings. The van der Waals surface area contributed by atoms with Crippen LogP contribution in [0.2, 0.25) is 12.1 Å². The second-order valence-corrected chi connectivity index (χ2v) is 23.5. The zero-order valence-corrected chi connectivity index (χ0v) is 42.8. The quantitative estimate of drug-likeness (QED) is 0.0274. The lowest BCUT2D eigenvalue weighted by molar-refractivity contribution is 0.0702. The number of thiocarbonyl (C=S) groups is 2. The van der Waals surface area contributed by atoms with Crippen LogP contribution in [-0.4, -0.2) is 87.5 Å². The zero-order chi connectivity index (χ0) is 44.5. The van der Waals surface area contributed by atoms with Gasteiger partial charge in [0, 0.05) is 77.9 Å². The fourth-order valence-corrected chi connectivity index (χ4v) is 17.2. The second kappa shape index (κ2) is 29.2. The van der Waals surface area contributed by atoms with E-state index in [1.165, 1.54) is 22.3 Å². The highest BCUT2D eigenvalue weighted by Gasteiger charge is 2.43. The van der Waals surface area contributed by atoms with Gasteiger partial charge in [-0.05, 0) is 76.6 Å². The van der Waals surface area contributed by atoms with Gasteiger partial charge in [0.1, 0.15) is 0 Å². The van der Waals surface area contributed by atoms with Gasteiger partial charge in [-0.15, -0.1) is 0 Å². The summed E-state index contributed by atoms with van der Waals surface area (Å²) in [4.78, 5) is 6.45. The fourth-order valence-electron chi connectivity index (χ4n) is 7.22. The van der Waals surface area contributed by atoms with Crippen molar-refractivity contribution in [3.63, 3.8) is 0 Å². The summed E-state index contributed by atoms with van der Waals surface area (Å²) in [5.41, 5.74) is 4.79. The molecule has 0 saturated heterocycles. The molecule has 0 spiro atoms. The SMILES string of the molecule is CCO[Si](CCC(SSC(CC[Si](OCC)(OCC)OCC)C(=S)N(Cc1ccccc1)Cc1ccccc1)C(=S)N(Cc1ccccc1)Cc1ccccc1)(OCC)OCC. The molecule has 0 fully saturated rings. The summed E-state index contributed by atoms with van der Waals surface area (Å²) >= 11 is 13.3. The Bertz CT molecular complexity index is 1570. The highest BCUT2D eigenvalue weighted by Crippen LogP contribution is 2.41. The van der Waals surface area contributed by atoms with E-state index < -0.39 is 17.6 Å². The van der Waals surface area contributed by atoms with Crippen molar-refractivity contribution in [2.24, 2.45) is 0 Å². The third kappa shape index (κ3) is 17.5. The first-order chi connectivity index (χ1) is 30.2. The lowest BCUT2D eigenvalue weighted by Gasteiger charge is -2.35. The smallest absolute Gasteiger partial charge is 0.374 e. The molecule has 0 N–H and O–H groups in total. The summed E-state index contributed by atoms with van der Waals surface area (Å²) in [6.07, 6.45) is 1.41. The Hall–Kier alpha value is -2.45. The Kier molecular flexibility index (Phi) is 24.5. The van der Waals surface area contributed by atoms with Crippen LogP contribution >= 0.6 is 46.0 Å². The number of nitrogens with zero attached hydrogens (tertiary/aromatic N) is 2. The third-order valence-corrected chi connectivity index (χ3v) is 20.7. The van der Waals surface area contributed by atoms with E-state index in [4.69, 9.17) is 51.0 Å². The fraction of sp³-hybridized carbons (Fsp3) is 0.458. The minimum absolute atomic E-state index is 0.106. The van der Waals surface area contributed by atoms with Crippen LogP contribution in [0, 0.1) is 0 Å². The van der Waals surface area contributed by atoms with Crippen molar-refractivity contribution in [3.05, 3.63) is 144 Å². The molecule has 0 heterocycles. The summed E-state index contributed by atoms with van der Waals surface area (Å²) < 4.78 is 38.4. The van der Waals surface area contributed by atoms with Crippen LogP contribution in [0.1, 0.15) is 76.6 Å². The van der Waals surface area contributed by atoms with Crippen LogP contribution in [0.25, 0.3) is 0 Å². The number of hydrogen-bond donors (Lipinski definition) is 0. The van der Waals surface area contributed by atoms with Gasteiger partial charge in [0.25, 0.3) is 0 Å². The molecule has 0 saturated carbocycles. The van der Waals surface area contributed by atoms with Crippen molar-refractivity contribution >= 4 is 73.6 Å². The number of hydrogen-bond acceptors (Lipinski definition) is 10. The van der Waals surface area contributed by atoms with Crippen LogP contribution in [0.5, 0.6) is 0 Å². The highest BCUT2D eigenvalue weighted by molar-refractivity contribution is 8.77. The standard InChI is InChI=1S/C48H68N2O6S4Si2/c1-7-51-61(52-8-2,53-9-3)35-33-45(47(57)49(37-41-25-17-13-18-26-41)38-42-27-19-14-20-28-42)59-60-46(34-36-62(54-10-4,55-11-5)56-12-6)48(58)50(39-43-29-21-15-22-30-43)40-44-31-23-16-24-32-44/h13-32,45-46H,7-12,33-40H2,1-6H3. The monoisotopic (exact) mass is 952 g/mol. The zero-order valence-electron chi connectivity index (χ0n) is 37.6. The van der Waals surface area contributed by atoms with Gasteiger partial charge in [-0.1, -0.05) is 167 Å². The summed E-state index contributed by atoms with van der Waals surface area (Å²) in [5, 5.41) is -0.212. The summed E-state index contributed by atoms with van der Waals surface area (Å²) in [6.45, 7) is 17.8. The largest absolute Gasteiger partial charge is 0.500 e. The van der Waals surface area contributed by atoms with E-state index in [2.05, 4.69) is 131 Å². The maximum atomic E-state index is 6.64. The van der Waals surface area contributed by atoms with Crippen molar-refractivity contribution in [2.45, 2.75) is 103 Å². The normalized spacial score (nSPS) is 12.8. The van der Waals surface area contributed by atoms with E-state index >= 15 is 0 Å². The van der Waals surface area contributed by atoms with Crippen molar-refractivity contribution in [1.29, 1.82) is 0 Å². The third-order valence-electron chi connectivity index (χ3n) is 9.94. The van der Waals surface area contributed by atoms with Crippen molar-refractivity contribution in [1.82, 2.24) is 9.80 Å². The second-order valence-electron chi connectivity index (χ2n) is 14.5. The molecule has 0 aliphatic heterocycles. The molecule has 338 valence electrons. The molecule has 14 heteroatoms. The minimum atomic E-state index is -3.02. The van der Waals surface area contributed by atoms with Gasteiger partial charge in [-0.2, -0.15) is 0 Å². The first kappa shape index (κ1) is 52.2. The average Bonchev–Trinajstić information content (AvgIpc) is 3.28. The summed E-state index contributed by atoms with van der Waals surface area (Å²) in [5.74, 6) is 0. The average molecular weight is 954 g/mol. The lowest BCUT2D eigenvalue weighted by Crippen LogP contribution is -2.47. The Morgan fingerprint density at radius 1 is 0.419 bits per heavy atom. The van der Waals surface area contributed by atoms with E-state index in [-0.39, 0.29) is 10.5 Å². The van der Waals surface area contributed by atoms with Gasteiger partial charge in [-0.25, -0.2) is 0 Å². The molecule has 8 nitrogen and oxygen atoms in total. The van der Waals surface area contributed by atoms with Crippen LogP contribution in [0.3, 0.4) is 0 Å². The van der Waals surface area contributed by atoms with Gasteiger partial charge in [0.15, 0.2) is 0 Å². The Morgan fingerprint density at radius 3 is 0.855 bits per heavy atom. The molecule has 4 aromatic rings. The van der Waals surface area contributed by atoms with E-state index in [0.29, 0.717) is 90.8 Å². The Balaban J connectivity index is 1.77. The van der Waals surface area contributed by atoms with Crippen molar-refractivity contribution in [3.8, 4) is 0 Å². The molecule has 0 aromatic heterocycles. The van der Waals surface area contributed by atoms with Gasteiger partial charge < -0.3 is 36.4 Å². The van der Waals surface area contributed by atoms with Crippen LogP contribution in [0.4, 0.5) is 0 Å². The van der Waals surface area contributed by atoms with Crippen LogP contribution in [0.15, 0.2) is 121 Å². The van der Waals surface area contributed by atoms with Crippen molar-refractivity contribution in [2.75, 3.05) is 39.6 Å². The first-order valence-corrected chi connectivity index (χ1v) is 29.1. The summed E-state index contributed by atoms with van der Waals surface area (Å²) in [7, 11) is -2.43. The number of benzene rings is 4. The molecule has 0 bridgehead atoms. The molecular formula is C48H68N2O6S4Si2. The molecule has 0 amide bonds. The van der Waals surface area contributed by atoms with E-state index in [0.717, 1.165) is 9.98 Å². The predicted octanol–water partition coefficient (Wildman–Crippen LogP) is 12.0. The molecule has 4 rings (SSSR count). The van der Waals surface area contributed by atoms with E-state index in [1.54, 1.807) is 21.6 Å². The predicted molar refractivity (Wildman–Crippen MR) is 272 cm³/mol. The molecule has 0 radical (unpaired) electrons. The van der Waals surface area contributed by atoms with Gasteiger partial charge in [-0.3, -0.25) is 0 Å². The van der Waals surface area contributed by atoms with Crippen LogP contribution in [-0.2, 0) is 52.7 Å². The molecule has 4 aromatic carbocycles. The van der Waals surface area contributed by atoms with Gasteiger partial charge in [0.2, 0.25) is 0 Å². The first-order valence-electron chi connectivity index (χ1n) is 22.1. The minimum Gasteiger partial charge on any atom is -0.374 e. The molecule has 2 unspecified atom stereocenters. The molecular weight excluding hydrogens is 885 g/mol. The molecule has 0 aliphatic carbocycles.